The van der Waals surface area contributed by atoms with E-state index in [-0.39, 0.29) is 11.8 Å². The van der Waals surface area contributed by atoms with E-state index in [1.807, 2.05) is 6.07 Å². The number of hydrogen-bond acceptors (Lipinski definition) is 5. The maximum absolute atomic E-state index is 12.8. The van der Waals surface area contributed by atoms with Crippen LogP contribution in [0, 0.1) is 0 Å². The lowest BCUT2D eigenvalue weighted by molar-refractivity contribution is -0.124. The van der Waals surface area contributed by atoms with Crippen LogP contribution in [0.15, 0.2) is 22.8 Å². The van der Waals surface area contributed by atoms with Crippen molar-refractivity contribution < 1.29 is 18.7 Å². The first-order valence-electron chi connectivity index (χ1n) is 8.60. The van der Waals surface area contributed by atoms with Crippen LogP contribution in [0.5, 0.6) is 0 Å². The van der Waals surface area contributed by atoms with Crippen LogP contribution < -0.4 is 10.6 Å². The number of ether oxygens (including phenoxy) is 1. The van der Waals surface area contributed by atoms with E-state index in [2.05, 4.69) is 10.6 Å². The molecule has 7 heteroatoms. The molecule has 25 heavy (non-hydrogen) atoms. The second kappa shape index (κ2) is 7.01. The van der Waals surface area contributed by atoms with Gasteiger partial charge in [0.05, 0.1) is 18.4 Å². The minimum atomic E-state index is -0.407. The van der Waals surface area contributed by atoms with Crippen molar-refractivity contribution in [3.8, 4) is 0 Å². The van der Waals surface area contributed by atoms with Crippen LogP contribution in [0.4, 0.5) is 5.00 Å². The van der Waals surface area contributed by atoms with Crippen LogP contribution in [0.2, 0.25) is 0 Å². The van der Waals surface area contributed by atoms with E-state index in [1.165, 1.54) is 16.2 Å². The summed E-state index contributed by atoms with van der Waals surface area (Å²) < 4.78 is 10.7. The number of amides is 2. The van der Waals surface area contributed by atoms with Gasteiger partial charge < -0.3 is 19.8 Å². The predicted molar refractivity (Wildman–Crippen MR) is 93.8 cm³/mol. The van der Waals surface area contributed by atoms with Gasteiger partial charge in [0.15, 0.2) is 0 Å². The average Bonchev–Trinajstić information content (AvgIpc) is 3.35. The van der Waals surface area contributed by atoms with Gasteiger partial charge in [0.2, 0.25) is 0 Å². The van der Waals surface area contributed by atoms with Crippen LogP contribution in [-0.4, -0.2) is 24.5 Å². The highest BCUT2D eigenvalue weighted by molar-refractivity contribution is 7.17. The first kappa shape index (κ1) is 16.4. The zero-order chi connectivity index (χ0) is 17.2. The number of fused-ring (bicyclic) bond motifs is 1. The minimum Gasteiger partial charge on any atom is -0.467 e. The molecule has 1 unspecified atom stereocenters. The number of rotatable bonds is 5. The average molecular weight is 360 g/mol. The van der Waals surface area contributed by atoms with Crippen LogP contribution in [0.3, 0.4) is 0 Å². The molecular formula is C18H20N2O4S. The third-order valence-corrected chi connectivity index (χ3v) is 5.82. The highest BCUT2D eigenvalue weighted by Gasteiger charge is 2.30. The SMILES string of the molecule is O=C(NCc1ccco1)c1c(NC(=O)C2CCCO2)sc2c1CCC2. The molecule has 0 aromatic carbocycles. The van der Waals surface area contributed by atoms with E-state index in [0.29, 0.717) is 29.5 Å². The molecule has 1 aliphatic carbocycles. The van der Waals surface area contributed by atoms with Gasteiger partial charge in [0.1, 0.15) is 16.9 Å². The number of thiophene rings is 1. The van der Waals surface area contributed by atoms with Crippen LogP contribution >= 0.6 is 11.3 Å². The van der Waals surface area contributed by atoms with Crippen molar-refractivity contribution in [1.82, 2.24) is 5.32 Å². The molecule has 1 aliphatic heterocycles. The van der Waals surface area contributed by atoms with E-state index in [9.17, 15) is 9.59 Å². The topological polar surface area (TPSA) is 80.6 Å². The van der Waals surface area contributed by atoms with Gasteiger partial charge in [-0.05, 0) is 49.8 Å². The third-order valence-electron chi connectivity index (χ3n) is 4.61. The van der Waals surface area contributed by atoms with Crippen molar-refractivity contribution >= 4 is 28.2 Å². The summed E-state index contributed by atoms with van der Waals surface area (Å²) in [5.74, 6) is 0.376. The van der Waals surface area contributed by atoms with Gasteiger partial charge in [-0.15, -0.1) is 11.3 Å². The lowest BCUT2D eigenvalue weighted by Crippen LogP contribution is -2.29. The van der Waals surface area contributed by atoms with E-state index >= 15 is 0 Å². The lowest BCUT2D eigenvalue weighted by atomic mass is 10.1. The van der Waals surface area contributed by atoms with Gasteiger partial charge in [0.25, 0.3) is 11.8 Å². The molecule has 2 amide bonds. The number of anilines is 1. The standard InChI is InChI=1S/C18H20N2O4S/c21-16(13-6-3-9-24-13)20-18-15(12-5-1-7-14(12)25-18)17(22)19-10-11-4-2-8-23-11/h2,4,8,13H,1,3,5-7,9-10H2,(H,19,22)(H,20,21). The van der Waals surface area contributed by atoms with Gasteiger partial charge >= 0.3 is 0 Å². The van der Waals surface area contributed by atoms with Crippen molar-refractivity contribution in [1.29, 1.82) is 0 Å². The van der Waals surface area contributed by atoms with E-state index < -0.39 is 6.10 Å². The highest BCUT2D eigenvalue weighted by atomic mass is 32.1. The smallest absolute Gasteiger partial charge is 0.254 e. The molecule has 1 fully saturated rings. The Hall–Kier alpha value is -2.12. The predicted octanol–water partition coefficient (Wildman–Crippen LogP) is 2.88. The van der Waals surface area contributed by atoms with Gasteiger partial charge in [-0.1, -0.05) is 0 Å². The largest absolute Gasteiger partial charge is 0.467 e. The highest BCUT2D eigenvalue weighted by Crippen LogP contribution is 2.39. The second-order valence-corrected chi connectivity index (χ2v) is 7.42. The number of nitrogens with one attached hydrogen (secondary N) is 2. The number of carbonyl (C=O) groups is 2. The van der Waals surface area contributed by atoms with Crippen LogP contribution in [-0.2, 0) is 28.9 Å². The Labute approximate surface area is 149 Å². The first-order valence-corrected chi connectivity index (χ1v) is 9.41. The fraction of sp³-hybridized carbons (Fsp3) is 0.444. The maximum Gasteiger partial charge on any atom is 0.254 e. The Morgan fingerprint density at radius 2 is 2.20 bits per heavy atom. The third kappa shape index (κ3) is 3.34. The lowest BCUT2D eigenvalue weighted by Gasteiger charge is -2.12. The molecule has 2 aromatic rings. The summed E-state index contributed by atoms with van der Waals surface area (Å²) in [4.78, 5) is 26.3. The van der Waals surface area contributed by atoms with E-state index in [4.69, 9.17) is 9.15 Å². The van der Waals surface area contributed by atoms with Gasteiger partial charge in [-0.3, -0.25) is 9.59 Å². The van der Waals surface area contributed by atoms with Gasteiger partial charge in [-0.25, -0.2) is 0 Å². The molecule has 2 aliphatic rings. The number of carbonyl (C=O) groups excluding carboxylic acids is 2. The second-order valence-electron chi connectivity index (χ2n) is 6.31. The fourth-order valence-electron chi connectivity index (χ4n) is 3.38. The summed E-state index contributed by atoms with van der Waals surface area (Å²) in [5.41, 5.74) is 1.68. The van der Waals surface area contributed by atoms with Crippen molar-refractivity contribution in [3.05, 3.63) is 40.2 Å². The Morgan fingerprint density at radius 3 is 2.96 bits per heavy atom. The van der Waals surface area contributed by atoms with Gasteiger partial charge in [0, 0.05) is 11.5 Å². The van der Waals surface area contributed by atoms with Crippen molar-refractivity contribution in [2.75, 3.05) is 11.9 Å². The summed E-state index contributed by atoms with van der Waals surface area (Å²) in [6.45, 7) is 0.949. The summed E-state index contributed by atoms with van der Waals surface area (Å²) >= 11 is 1.52. The molecule has 0 radical (unpaired) electrons. The zero-order valence-electron chi connectivity index (χ0n) is 13.8. The van der Waals surface area contributed by atoms with Crippen LogP contribution in [0.25, 0.3) is 0 Å². The monoisotopic (exact) mass is 360 g/mol. The zero-order valence-corrected chi connectivity index (χ0v) is 14.6. The minimum absolute atomic E-state index is 0.155. The molecule has 0 bridgehead atoms. The molecule has 6 nitrogen and oxygen atoms in total. The molecule has 2 N–H and O–H groups in total. The molecule has 0 spiro atoms. The maximum atomic E-state index is 12.8. The van der Waals surface area contributed by atoms with Gasteiger partial charge in [-0.2, -0.15) is 0 Å². The Morgan fingerprint density at radius 1 is 1.28 bits per heavy atom. The Kier molecular flexibility index (Phi) is 4.59. The molecule has 4 rings (SSSR count). The Balaban J connectivity index is 1.52. The van der Waals surface area contributed by atoms with Crippen molar-refractivity contribution in [2.45, 2.75) is 44.8 Å². The molecule has 3 heterocycles. The van der Waals surface area contributed by atoms with Crippen LogP contribution in [0.1, 0.15) is 45.8 Å². The number of furan rings is 1. The molecule has 132 valence electrons. The number of hydrogen-bond donors (Lipinski definition) is 2. The van der Waals surface area contributed by atoms with Crippen molar-refractivity contribution in [2.24, 2.45) is 0 Å². The molecule has 0 saturated carbocycles. The normalized spacial score (nSPS) is 19.0. The summed E-state index contributed by atoms with van der Waals surface area (Å²) in [6, 6.07) is 3.61. The Bertz CT molecular complexity index is 775. The molecule has 2 aromatic heterocycles. The van der Waals surface area contributed by atoms with E-state index in [1.54, 1.807) is 12.3 Å². The number of aryl methyl sites for hydroxylation is 1. The summed E-state index contributed by atoms with van der Waals surface area (Å²) in [5, 5.41) is 6.46. The molecule has 1 atom stereocenters. The molecule has 1 saturated heterocycles. The quantitative estimate of drug-likeness (QED) is 0.859. The van der Waals surface area contributed by atoms with E-state index in [0.717, 1.165) is 37.7 Å². The summed E-state index contributed by atoms with van der Waals surface area (Å²) in [6.07, 6.45) is 5.71. The summed E-state index contributed by atoms with van der Waals surface area (Å²) in [7, 11) is 0. The fourth-order valence-corrected chi connectivity index (χ4v) is 4.67. The molecular weight excluding hydrogens is 340 g/mol. The first-order chi connectivity index (χ1) is 12.2. The van der Waals surface area contributed by atoms with Crippen molar-refractivity contribution in [3.63, 3.8) is 0 Å².